The fourth-order valence-electron chi connectivity index (χ4n) is 5.41. The van der Waals surface area contributed by atoms with Gasteiger partial charge in [-0.2, -0.15) is 18.3 Å². The molecule has 1 aliphatic heterocycles. The number of carbonyl (C=O) groups excluding carboxylic acids is 1. The fraction of sp³-hybridized carbons (Fsp3) is 0.345. The first-order chi connectivity index (χ1) is 19.1. The topological polar surface area (TPSA) is 83.2 Å². The average Bonchev–Trinajstić information content (AvgIpc) is 3.35. The number of ether oxygens (including phenoxy) is 1. The van der Waals surface area contributed by atoms with Gasteiger partial charge in [-0.05, 0) is 43.7 Å². The van der Waals surface area contributed by atoms with E-state index in [9.17, 15) is 23.1 Å². The van der Waals surface area contributed by atoms with Crippen molar-refractivity contribution in [2.45, 2.75) is 32.2 Å². The van der Waals surface area contributed by atoms with Crippen LogP contribution in [-0.2, 0) is 6.18 Å². The Morgan fingerprint density at radius 3 is 2.25 bits per heavy atom. The number of fused-ring (bicyclic) bond motifs is 1. The molecule has 5 rings (SSSR count). The van der Waals surface area contributed by atoms with E-state index in [1.165, 1.54) is 14.0 Å². The van der Waals surface area contributed by atoms with Gasteiger partial charge < -0.3 is 14.7 Å². The van der Waals surface area contributed by atoms with Crippen LogP contribution in [0.3, 0.4) is 0 Å². The maximum atomic E-state index is 14.3. The highest BCUT2D eigenvalue weighted by atomic mass is 19.4. The van der Waals surface area contributed by atoms with Gasteiger partial charge in [-0.15, -0.1) is 0 Å². The van der Waals surface area contributed by atoms with Crippen LogP contribution in [0.25, 0.3) is 16.9 Å². The third-order valence-corrected chi connectivity index (χ3v) is 7.34. The lowest BCUT2D eigenvalue weighted by Crippen LogP contribution is -2.51. The smallest absolute Gasteiger partial charge is 0.433 e. The van der Waals surface area contributed by atoms with Crippen LogP contribution in [0.1, 0.15) is 40.1 Å². The number of aromatic nitrogens is 3. The second-order valence-electron chi connectivity index (χ2n) is 9.88. The molecule has 40 heavy (non-hydrogen) atoms. The molecule has 0 bridgehead atoms. The Hall–Kier alpha value is -3.96. The maximum Gasteiger partial charge on any atom is 0.433 e. The van der Waals surface area contributed by atoms with Gasteiger partial charge in [0.15, 0.2) is 11.3 Å². The first kappa shape index (κ1) is 27.6. The molecule has 8 nitrogen and oxygen atoms in total. The summed E-state index contributed by atoms with van der Waals surface area (Å²) in [6.45, 7) is 4.76. The number of halogens is 3. The highest BCUT2D eigenvalue weighted by Gasteiger charge is 2.39. The number of hydrogen-bond donors (Lipinski definition) is 1. The number of carbonyl (C=O) groups is 1. The minimum atomic E-state index is -4.72. The molecule has 2 atom stereocenters. The molecule has 1 fully saturated rings. The zero-order chi connectivity index (χ0) is 28.6. The number of nitrogens with zero attached hydrogens (tertiary/aromatic N) is 5. The van der Waals surface area contributed by atoms with Gasteiger partial charge in [-0.25, -0.2) is 9.50 Å². The standard InChI is InChI=1S/C29H30F3N5O3/c1-18-24(20-9-11-22(40-3)12-10-20)34-27-23(17-33-37(27)26(18)29(30,31)32)28(39)36-15-13-35(14-16-36)25(19(2)38)21-7-5-4-6-8-21/h4-12,17,19,25,38H,13-16H2,1-3H3/t19?,25-/m0/s1. The fourth-order valence-corrected chi connectivity index (χ4v) is 5.41. The van der Waals surface area contributed by atoms with Crippen LogP contribution < -0.4 is 4.74 Å². The number of alkyl halides is 3. The van der Waals surface area contributed by atoms with Crippen molar-refractivity contribution < 1.29 is 27.8 Å². The zero-order valence-electron chi connectivity index (χ0n) is 22.4. The highest BCUT2D eigenvalue weighted by molar-refractivity contribution is 6.00. The SMILES string of the molecule is COc1ccc(-c2nc3c(C(=O)N4CCN([C@H](c5ccccc5)C(C)O)CC4)cnn3c(C(F)(F)F)c2C)cc1. The monoisotopic (exact) mass is 553 g/mol. The van der Waals surface area contributed by atoms with Crippen LogP contribution in [0.15, 0.2) is 60.8 Å². The summed E-state index contributed by atoms with van der Waals surface area (Å²) in [4.78, 5) is 21.8. The molecule has 0 aliphatic carbocycles. The van der Waals surface area contributed by atoms with Crippen molar-refractivity contribution in [3.05, 3.63) is 83.2 Å². The first-order valence-corrected chi connectivity index (χ1v) is 13.0. The van der Waals surface area contributed by atoms with E-state index < -0.39 is 23.9 Å². The second-order valence-corrected chi connectivity index (χ2v) is 9.88. The van der Waals surface area contributed by atoms with E-state index in [1.54, 1.807) is 36.1 Å². The minimum Gasteiger partial charge on any atom is -0.497 e. The van der Waals surface area contributed by atoms with E-state index in [4.69, 9.17) is 4.74 Å². The Labute approximate surface area is 229 Å². The number of rotatable bonds is 6. The summed E-state index contributed by atoms with van der Waals surface area (Å²) >= 11 is 0. The number of piperazine rings is 1. The molecule has 2 aromatic carbocycles. The zero-order valence-corrected chi connectivity index (χ0v) is 22.4. The molecule has 11 heteroatoms. The van der Waals surface area contributed by atoms with Crippen molar-refractivity contribution in [2.75, 3.05) is 33.3 Å². The lowest BCUT2D eigenvalue weighted by atomic mass is 9.99. The molecule has 1 saturated heterocycles. The first-order valence-electron chi connectivity index (χ1n) is 13.0. The van der Waals surface area contributed by atoms with Crippen molar-refractivity contribution in [3.63, 3.8) is 0 Å². The van der Waals surface area contributed by atoms with Crippen molar-refractivity contribution in [1.82, 2.24) is 24.4 Å². The Morgan fingerprint density at radius 2 is 1.68 bits per heavy atom. The number of benzene rings is 2. The lowest BCUT2D eigenvalue weighted by Gasteiger charge is -2.40. The van der Waals surface area contributed by atoms with Crippen molar-refractivity contribution in [2.24, 2.45) is 0 Å². The summed E-state index contributed by atoms with van der Waals surface area (Å²) in [5.41, 5.74) is 0.339. The van der Waals surface area contributed by atoms with Crippen LogP contribution >= 0.6 is 0 Å². The van der Waals surface area contributed by atoms with Gasteiger partial charge in [0.1, 0.15) is 11.3 Å². The molecular formula is C29H30F3N5O3. The van der Waals surface area contributed by atoms with E-state index >= 15 is 0 Å². The third kappa shape index (κ3) is 5.14. The Morgan fingerprint density at radius 1 is 1.02 bits per heavy atom. The van der Waals surface area contributed by atoms with E-state index in [0.29, 0.717) is 42.0 Å². The minimum absolute atomic E-state index is 0.00356. The molecule has 4 aromatic rings. The lowest BCUT2D eigenvalue weighted by molar-refractivity contribution is -0.143. The van der Waals surface area contributed by atoms with Gasteiger partial charge in [-0.1, -0.05) is 30.3 Å². The molecule has 0 saturated carbocycles. The molecule has 0 spiro atoms. The summed E-state index contributed by atoms with van der Waals surface area (Å²) in [7, 11) is 1.50. The van der Waals surface area contributed by atoms with Gasteiger partial charge in [0.25, 0.3) is 5.91 Å². The number of amides is 1. The van der Waals surface area contributed by atoms with E-state index in [1.807, 2.05) is 30.3 Å². The van der Waals surface area contributed by atoms with Crippen LogP contribution in [0, 0.1) is 6.92 Å². The number of aliphatic hydroxyl groups is 1. The molecule has 1 unspecified atom stereocenters. The van der Waals surface area contributed by atoms with Crippen LogP contribution in [-0.4, -0.2) is 74.8 Å². The molecule has 1 N–H and O–H groups in total. The summed E-state index contributed by atoms with van der Waals surface area (Å²) in [5, 5.41) is 14.4. The van der Waals surface area contributed by atoms with Crippen LogP contribution in [0.5, 0.6) is 5.75 Å². The normalized spacial score (nSPS) is 16.2. The van der Waals surface area contributed by atoms with E-state index in [-0.39, 0.29) is 28.5 Å². The maximum absolute atomic E-state index is 14.3. The van der Waals surface area contributed by atoms with Gasteiger partial charge >= 0.3 is 6.18 Å². The van der Waals surface area contributed by atoms with Gasteiger partial charge in [0.05, 0.1) is 31.1 Å². The quantitative estimate of drug-likeness (QED) is 0.376. The molecule has 0 radical (unpaired) electrons. The molecule has 2 aromatic heterocycles. The molecule has 1 amide bonds. The molecule has 3 heterocycles. The van der Waals surface area contributed by atoms with Crippen molar-refractivity contribution >= 4 is 11.6 Å². The summed E-state index contributed by atoms with van der Waals surface area (Å²) < 4.78 is 48.6. The van der Waals surface area contributed by atoms with Crippen molar-refractivity contribution in [3.8, 4) is 17.0 Å². The summed E-state index contributed by atoms with van der Waals surface area (Å²) in [6.07, 6.45) is -4.20. The number of methoxy groups -OCH3 is 1. The van der Waals surface area contributed by atoms with Gasteiger partial charge in [0, 0.05) is 37.3 Å². The largest absolute Gasteiger partial charge is 0.497 e. The average molecular weight is 554 g/mol. The number of hydrogen-bond acceptors (Lipinski definition) is 6. The molecule has 1 aliphatic rings. The summed E-state index contributed by atoms with van der Waals surface area (Å²) in [6, 6.07) is 16.0. The van der Waals surface area contributed by atoms with Crippen molar-refractivity contribution in [1.29, 1.82) is 0 Å². The Kier molecular flexibility index (Phi) is 7.52. The predicted octanol–water partition coefficient (Wildman–Crippen LogP) is 4.61. The molecule has 210 valence electrons. The van der Waals surface area contributed by atoms with E-state index in [0.717, 1.165) is 11.8 Å². The van der Waals surface area contributed by atoms with Gasteiger partial charge in [0.2, 0.25) is 0 Å². The second kappa shape index (κ2) is 10.9. The predicted molar refractivity (Wildman–Crippen MR) is 143 cm³/mol. The van der Waals surface area contributed by atoms with Gasteiger partial charge in [-0.3, -0.25) is 9.69 Å². The third-order valence-electron chi connectivity index (χ3n) is 7.34. The van der Waals surface area contributed by atoms with Crippen LogP contribution in [0.4, 0.5) is 13.2 Å². The highest BCUT2D eigenvalue weighted by Crippen LogP contribution is 2.37. The van der Waals surface area contributed by atoms with Crippen LogP contribution in [0.2, 0.25) is 0 Å². The Bertz CT molecular complexity index is 1500. The Balaban J connectivity index is 1.46. The molecular weight excluding hydrogens is 523 g/mol. The van der Waals surface area contributed by atoms with E-state index in [2.05, 4.69) is 15.0 Å². The number of aliphatic hydroxyl groups excluding tert-OH is 1. The summed E-state index contributed by atoms with van der Waals surface area (Å²) in [5.74, 6) is 0.121.